The summed E-state index contributed by atoms with van der Waals surface area (Å²) in [6, 6.07) is 0. The second kappa shape index (κ2) is 3.77. The standard InChI is InChI=1S/C8H10N2/c1-9-7-10-8-5-3-2-4-6-8/h2-5,7H,6H2,1H3. The van der Waals surface area contributed by atoms with Crippen LogP contribution in [0.4, 0.5) is 0 Å². The molecule has 1 aliphatic carbocycles. The summed E-state index contributed by atoms with van der Waals surface area (Å²) < 4.78 is 0. The second-order valence-corrected chi connectivity index (χ2v) is 1.99. The second-order valence-electron chi connectivity index (χ2n) is 1.99. The van der Waals surface area contributed by atoms with E-state index in [1.165, 1.54) is 0 Å². The third-order valence-electron chi connectivity index (χ3n) is 1.20. The molecule has 0 aromatic heterocycles. The molecule has 0 fully saturated rings. The van der Waals surface area contributed by atoms with Gasteiger partial charge in [0.2, 0.25) is 0 Å². The molecule has 2 heteroatoms. The number of allylic oxidation sites excluding steroid dienone is 4. The maximum atomic E-state index is 4.09. The summed E-state index contributed by atoms with van der Waals surface area (Å²) in [5, 5.41) is 0. The van der Waals surface area contributed by atoms with E-state index in [0.717, 1.165) is 12.1 Å². The molecular formula is C8H10N2. The van der Waals surface area contributed by atoms with Crippen molar-refractivity contribution in [1.82, 2.24) is 0 Å². The van der Waals surface area contributed by atoms with Crippen LogP contribution in [0.25, 0.3) is 0 Å². The zero-order chi connectivity index (χ0) is 7.23. The summed E-state index contributed by atoms with van der Waals surface area (Å²) in [5.74, 6) is 0. The lowest BCUT2D eigenvalue weighted by Gasteiger charge is -1.96. The van der Waals surface area contributed by atoms with Crippen LogP contribution in [0.5, 0.6) is 0 Å². The Morgan fingerprint density at radius 1 is 1.50 bits per heavy atom. The van der Waals surface area contributed by atoms with E-state index in [9.17, 15) is 0 Å². The third kappa shape index (κ3) is 1.97. The summed E-state index contributed by atoms with van der Waals surface area (Å²) in [4.78, 5) is 7.85. The van der Waals surface area contributed by atoms with Gasteiger partial charge in [-0.2, -0.15) is 0 Å². The van der Waals surface area contributed by atoms with E-state index >= 15 is 0 Å². The summed E-state index contributed by atoms with van der Waals surface area (Å²) in [7, 11) is 1.71. The molecule has 10 heavy (non-hydrogen) atoms. The highest BCUT2D eigenvalue weighted by molar-refractivity contribution is 6.00. The molecule has 0 spiro atoms. The van der Waals surface area contributed by atoms with Gasteiger partial charge >= 0.3 is 0 Å². The van der Waals surface area contributed by atoms with Crippen molar-refractivity contribution in [3.63, 3.8) is 0 Å². The molecule has 0 aromatic rings. The van der Waals surface area contributed by atoms with E-state index < -0.39 is 0 Å². The van der Waals surface area contributed by atoms with Crippen molar-refractivity contribution in [2.75, 3.05) is 7.05 Å². The minimum absolute atomic E-state index is 0.919. The van der Waals surface area contributed by atoms with Gasteiger partial charge in [-0.3, -0.25) is 4.99 Å². The average molecular weight is 134 g/mol. The fraction of sp³-hybridized carbons (Fsp3) is 0.250. The molecular weight excluding hydrogens is 124 g/mol. The van der Waals surface area contributed by atoms with Crippen molar-refractivity contribution in [3.05, 3.63) is 24.3 Å². The Morgan fingerprint density at radius 2 is 2.40 bits per heavy atom. The summed E-state index contributed by atoms with van der Waals surface area (Å²) >= 11 is 0. The van der Waals surface area contributed by atoms with E-state index in [1.54, 1.807) is 13.4 Å². The van der Waals surface area contributed by atoms with Crippen molar-refractivity contribution in [3.8, 4) is 0 Å². The highest BCUT2D eigenvalue weighted by Gasteiger charge is 1.91. The lowest BCUT2D eigenvalue weighted by molar-refractivity contribution is 1.40. The highest BCUT2D eigenvalue weighted by Crippen LogP contribution is 1.97. The van der Waals surface area contributed by atoms with Gasteiger partial charge in [-0.15, -0.1) is 0 Å². The van der Waals surface area contributed by atoms with Crippen molar-refractivity contribution in [1.29, 1.82) is 0 Å². The van der Waals surface area contributed by atoms with Crippen LogP contribution in [0.1, 0.15) is 6.42 Å². The molecule has 1 aliphatic rings. The van der Waals surface area contributed by atoms with Gasteiger partial charge in [0.05, 0.1) is 0 Å². The van der Waals surface area contributed by atoms with Gasteiger partial charge in [0.15, 0.2) is 0 Å². The quantitative estimate of drug-likeness (QED) is 0.384. The average Bonchev–Trinajstić information content (AvgIpc) is 2.03. The van der Waals surface area contributed by atoms with Gasteiger partial charge in [0.25, 0.3) is 0 Å². The van der Waals surface area contributed by atoms with Gasteiger partial charge in [-0.25, -0.2) is 4.99 Å². The van der Waals surface area contributed by atoms with Gasteiger partial charge in [-0.05, 0) is 6.08 Å². The first-order valence-corrected chi connectivity index (χ1v) is 3.24. The molecule has 1 rings (SSSR count). The minimum Gasteiger partial charge on any atom is -0.277 e. The molecule has 0 N–H and O–H groups in total. The smallest absolute Gasteiger partial charge is 0.109 e. The zero-order valence-electron chi connectivity index (χ0n) is 5.99. The number of nitrogens with zero attached hydrogens (tertiary/aromatic N) is 2. The molecule has 0 saturated heterocycles. The van der Waals surface area contributed by atoms with Crippen molar-refractivity contribution in [2.24, 2.45) is 9.98 Å². The lowest BCUT2D eigenvalue weighted by atomic mass is 10.2. The summed E-state index contributed by atoms with van der Waals surface area (Å²) in [6.45, 7) is 0. The molecule has 0 unspecified atom stereocenters. The molecule has 0 atom stereocenters. The Kier molecular flexibility index (Phi) is 2.62. The van der Waals surface area contributed by atoms with Crippen LogP contribution >= 0.6 is 0 Å². The predicted octanol–water partition coefficient (Wildman–Crippen LogP) is 1.60. The van der Waals surface area contributed by atoms with Crippen molar-refractivity contribution < 1.29 is 0 Å². The van der Waals surface area contributed by atoms with Crippen LogP contribution in [-0.4, -0.2) is 19.1 Å². The molecule has 0 bridgehead atoms. The first-order valence-electron chi connectivity index (χ1n) is 3.24. The Hall–Kier alpha value is -1.18. The van der Waals surface area contributed by atoms with Gasteiger partial charge < -0.3 is 0 Å². The van der Waals surface area contributed by atoms with Crippen molar-refractivity contribution >= 4 is 12.1 Å². The van der Waals surface area contributed by atoms with Crippen molar-refractivity contribution in [2.45, 2.75) is 6.42 Å². The number of hydrogen-bond acceptors (Lipinski definition) is 1. The Morgan fingerprint density at radius 3 is 3.00 bits per heavy atom. The molecule has 52 valence electrons. The molecule has 0 amide bonds. The van der Waals surface area contributed by atoms with E-state index in [0.29, 0.717) is 0 Å². The molecule has 0 aromatic carbocycles. The first-order chi connectivity index (χ1) is 4.93. The topological polar surface area (TPSA) is 24.7 Å². The fourth-order valence-corrected chi connectivity index (χ4v) is 0.730. The van der Waals surface area contributed by atoms with E-state index in [-0.39, 0.29) is 0 Å². The third-order valence-corrected chi connectivity index (χ3v) is 1.20. The number of rotatable bonds is 1. The normalized spacial score (nSPS) is 21.1. The van der Waals surface area contributed by atoms with Gasteiger partial charge in [-0.1, -0.05) is 18.2 Å². The first kappa shape index (κ1) is 6.93. The highest BCUT2D eigenvalue weighted by atomic mass is 14.8. The summed E-state index contributed by atoms with van der Waals surface area (Å²) in [5.41, 5.74) is 1.06. The lowest BCUT2D eigenvalue weighted by Crippen LogP contribution is -1.93. The van der Waals surface area contributed by atoms with Crippen LogP contribution in [0.2, 0.25) is 0 Å². The monoisotopic (exact) mass is 134 g/mol. The van der Waals surface area contributed by atoms with Crippen LogP contribution in [0.3, 0.4) is 0 Å². The molecule has 0 heterocycles. The SMILES string of the molecule is CN=CN=C1C=CC=CC1. The predicted molar refractivity (Wildman–Crippen MR) is 44.7 cm³/mol. The van der Waals surface area contributed by atoms with Crippen LogP contribution in [-0.2, 0) is 0 Å². The van der Waals surface area contributed by atoms with E-state index in [2.05, 4.69) is 16.1 Å². The van der Waals surface area contributed by atoms with Gasteiger partial charge in [0, 0.05) is 19.2 Å². The van der Waals surface area contributed by atoms with E-state index in [4.69, 9.17) is 0 Å². The fourth-order valence-electron chi connectivity index (χ4n) is 0.730. The Bertz CT molecular complexity index is 209. The van der Waals surface area contributed by atoms with Gasteiger partial charge in [0.1, 0.15) is 6.34 Å². The molecule has 2 nitrogen and oxygen atoms in total. The number of hydrogen-bond donors (Lipinski definition) is 0. The summed E-state index contributed by atoms with van der Waals surface area (Å²) in [6.07, 6.45) is 10.5. The van der Waals surface area contributed by atoms with Crippen LogP contribution in [0.15, 0.2) is 34.3 Å². The maximum Gasteiger partial charge on any atom is 0.109 e. The van der Waals surface area contributed by atoms with Crippen LogP contribution in [0, 0.1) is 0 Å². The number of aliphatic imine (C=N–C) groups is 2. The zero-order valence-corrected chi connectivity index (χ0v) is 5.99. The maximum absolute atomic E-state index is 4.09. The van der Waals surface area contributed by atoms with E-state index in [1.807, 2.05) is 18.2 Å². The largest absolute Gasteiger partial charge is 0.277 e. The Balaban J connectivity index is 2.58. The van der Waals surface area contributed by atoms with Crippen LogP contribution < -0.4 is 0 Å². The minimum atomic E-state index is 0.919. The molecule has 0 radical (unpaired) electrons. The molecule has 0 saturated carbocycles. The molecule has 0 aliphatic heterocycles. The Labute approximate surface area is 60.7 Å².